The Morgan fingerprint density at radius 3 is 2.52 bits per heavy atom. The molecule has 0 aliphatic carbocycles. The first-order valence-corrected chi connectivity index (χ1v) is 7.45. The Kier molecular flexibility index (Phi) is 4.84. The van der Waals surface area contributed by atoms with Crippen molar-refractivity contribution in [2.75, 3.05) is 6.61 Å². The number of halogens is 1. The molecule has 0 unspecified atom stereocenters. The van der Waals surface area contributed by atoms with E-state index in [1.165, 1.54) is 24.3 Å². The molecule has 0 aliphatic rings. The lowest BCUT2D eigenvalue weighted by atomic mass is 10.2. The maximum Gasteiger partial charge on any atom is 0.288 e. The number of aromatic nitrogens is 1. The first-order valence-electron chi connectivity index (χ1n) is 7.45. The lowest BCUT2D eigenvalue weighted by Crippen LogP contribution is -2.44. The molecule has 2 amide bonds. The summed E-state index contributed by atoms with van der Waals surface area (Å²) in [5.41, 5.74) is 5.36. The lowest BCUT2D eigenvalue weighted by molar-refractivity contribution is -0.123. The molecule has 2 N–H and O–H groups in total. The molecule has 0 saturated carbocycles. The third-order valence-corrected chi connectivity index (χ3v) is 3.33. The predicted molar refractivity (Wildman–Crippen MR) is 89.2 cm³/mol. The van der Waals surface area contributed by atoms with Gasteiger partial charge in [0.2, 0.25) is 0 Å². The van der Waals surface area contributed by atoms with Crippen molar-refractivity contribution in [3.05, 3.63) is 72.2 Å². The van der Waals surface area contributed by atoms with Crippen molar-refractivity contribution in [2.24, 2.45) is 0 Å². The van der Waals surface area contributed by atoms with Gasteiger partial charge in [-0.15, -0.1) is 0 Å². The van der Waals surface area contributed by atoms with E-state index >= 15 is 0 Å². The number of hydrazine groups is 1. The molecule has 2 aromatic carbocycles. The van der Waals surface area contributed by atoms with Crippen molar-refractivity contribution in [3.63, 3.8) is 0 Å². The molecule has 1 heterocycles. The van der Waals surface area contributed by atoms with Crippen molar-refractivity contribution >= 4 is 22.7 Å². The summed E-state index contributed by atoms with van der Waals surface area (Å²) in [6.07, 6.45) is 0. The van der Waals surface area contributed by atoms with Crippen LogP contribution in [0.4, 0.5) is 4.39 Å². The number of para-hydroxylation sites is 1. The van der Waals surface area contributed by atoms with E-state index in [-0.39, 0.29) is 12.3 Å². The topological polar surface area (TPSA) is 80.3 Å². The van der Waals surface area contributed by atoms with Gasteiger partial charge in [-0.25, -0.2) is 9.37 Å². The molecule has 3 aromatic rings. The number of ether oxygens (including phenoxy) is 1. The average molecular weight is 339 g/mol. The largest absolute Gasteiger partial charge is 0.484 e. The SMILES string of the molecule is O=C(COc1ccc(F)cc1)NNC(=O)c1ccc2ccccc2n1. The van der Waals surface area contributed by atoms with Gasteiger partial charge < -0.3 is 4.74 Å². The number of fused-ring (bicyclic) bond motifs is 1. The van der Waals surface area contributed by atoms with Gasteiger partial charge in [0.1, 0.15) is 17.3 Å². The zero-order valence-electron chi connectivity index (χ0n) is 13.0. The monoisotopic (exact) mass is 339 g/mol. The zero-order valence-corrected chi connectivity index (χ0v) is 13.0. The highest BCUT2D eigenvalue weighted by atomic mass is 19.1. The summed E-state index contributed by atoms with van der Waals surface area (Å²) < 4.78 is 17.9. The highest BCUT2D eigenvalue weighted by Gasteiger charge is 2.10. The van der Waals surface area contributed by atoms with Crippen LogP contribution in [0.2, 0.25) is 0 Å². The third-order valence-electron chi connectivity index (χ3n) is 3.33. The quantitative estimate of drug-likeness (QED) is 0.714. The third kappa shape index (κ3) is 4.29. The van der Waals surface area contributed by atoms with Gasteiger partial charge in [-0.3, -0.25) is 20.4 Å². The summed E-state index contributed by atoms with van der Waals surface area (Å²) in [6.45, 7) is -0.322. The maximum atomic E-state index is 12.8. The second kappa shape index (κ2) is 7.39. The lowest BCUT2D eigenvalue weighted by Gasteiger charge is -2.09. The van der Waals surface area contributed by atoms with Crippen molar-refractivity contribution in [2.45, 2.75) is 0 Å². The Morgan fingerprint density at radius 1 is 0.960 bits per heavy atom. The Labute approximate surface area is 142 Å². The standard InChI is InChI=1S/C18H14FN3O3/c19-13-6-8-14(9-7-13)25-11-17(23)21-22-18(24)16-10-5-12-3-1-2-4-15(12)20-16/h1-10H,11H2,(H,21,23)(H,22,24). The highest BCUT2D eigenvalue weighted by Crippen LogP contribution is 2.12. The summed E-state index contributed by atoms with van der Waals surface area (Å²) >= 11 is 0. The molecule has 6 nitrogen and oxygen atoms in total. The number of hydrogen-bond acceptors (Lipinski definition) is 4. The van der Waals surface area contributed by atoms with Crippen LogP contribution >= 0.6 is 0 Å². The van der Waals surface area contributed by atoms with Crippen LogP contribution in [0.1, 0.15) is 10.5 Å². The van der Waals surface area contributed by atoms with E-state index in [2.05, 4.69) is 15.8 Å². The number of pyridine rings is 1. The summed E-state index contributed by atoms with van der Waals surface area (Å²) in [4.78, 5) is 27.9. The minimum absolute atomic E-state index is 0.179. The van der Waals surface area contributed by atoms with Crippen LogP contribution in [0.25, 0.3) is 10.9 Å². The molecular formula is C18H14FN3O3. The minimum Gasteiger partial charge on any atom is -0.484 e. The van der Waals surface area contributed by atoms with Crippen LogP contribution in [0.3, 0.4) is 0 Å². The average Bonchev–Trinajstić information content (AvgIpc) is 2.65. The number of carbonyl (C=O) groups is 2. The van der Waals surface area contributed by atoms with Crippen LogP contribution in [0.5, 0.6) is 5.75 Å². The van der Waals surface area contributed by atoms with Gasteiger partial charge in [-0.1, -0.05) is 24.3 Å². The van der Waals surface area contributed by atoms with Crippen molar-refractivity contribution in [3.8, 4) is 5.75 Å². The molecule has 0 radical (unpaired) electrons. The minimum atomic E-state index is -0.557. The summed E-state index contributed by atoms with van der Waals surface area (Å²) in [7, 11) is 0. The number of hydrogen-bond donors (Lipinski definition) is 2. The first kappa shape index (κ1) is 16.4. The first-order chi connectivity index (χ1) is 12.1. The smallest absolute Gasteiger partial charge is 0.288 e. The van der Waals surface area contributed by atoms with Gasteiger partial charge in [-0.2, -0.15) is 0 Å². The fourth-order valence-electron chi connectivity index (χ4n) is 2.10. The van der Waals surface area contributed by atoms with E-state index < -0.39 is 17.6 Å². The molecule has 3 rings (SSSR count). The Morgan fingerprint density at radius 2 is 1.72 bits per heavy atom. The van der Waals surface area contributed by atoms with Crippen LogP contribution < -0.4 is 15.6 Å². The van der Waals surface area contributed by atoms with Crippen molar-refractivity contribution < 1.29 is 18.7 Å². The van der Waals surface area contributed by atoms with Crippen LogP contribution in [0, 0.1) is 5.82 Å². The van der Waals surface area contributed by atoms with Gasteiger partial charge in [-0.05, 0) is 36.4 Å². The van der Waals surface area contributed by atoms with E-state index in [1.807, 2.05) is 18.2 Å². The summed E-state index contributed by atoms with van der Waals surface area (Å²) in [5.74, 6) is -1.15. The van der Waals surface area contributed by atoms with E-state index in [4.69, 9.17) is 4.74 Å². The highest BCUT2D eigenvalue weighted by molar-refractivity contribution is 5.95. The second-order valence-corrected chi connectivity index (χ2v) is 5.13. The fourth-order valence-corrected chi connectivity index (χ4v) is 2.10. The number of rotatable bonds is 4. The van der Waals surface area contributed by atoms with E-state index in [1.54, 1.807) is 18.2 Å². The molecule has 25 heavy (non-hydrogen) atoms. The number of amides is 2. The molecule has 0 saturated heterocycles. The molecule has 7 heteroatoms. The van der Waals surface area contributed by atoms with Crippen LogP contribution in [0.15, 0.2) is 60.7 Å². The van der Waals surface area contributed by atoms with Gasteiger partial charge >= 0.3 is 0 Å². The molecule has 0 spiro atoms. The van der Waals surface area contributed by atoms with Crippen LogP contribution in [-0.2, 0) is 4.79 Å². The van der Waals surface area contributed by atoms with Crippen molar-refractivity contribution in [1.29, 1.82) is 0 Å². The zero-order chi connectivity index (χ0) is 17.6. The van der Waals surface area contributed by atoms with Gasteiger partial charge in [0.25, 0.3) is 11.8 Å². The van der Waals surface area contributed by atoms with E-state index in [0.29, 0.717) is 11.3 Å². The molecule has 126 valence electrons. The van der Waals surface area contributed by atoms with Crippen LogP contribution in [-0.4, -0.2) is 23.4 Å². The molecule has 0 fully saturated rings. The number of nitrogens with zero attached hydrogens (tertiary/aromatic N) is 1. The number of nitrogens with one attached hydrogen (secondary N) is 2. The van der Waals surface area contributed by atoms with E-state index in [0.717, 1.165) is 5.39 Å². The summed E-state index contributed by atoms with van der Waals surface area (Å²) in [5, 5.41) is 0.913. The maximum absolute atomic E-state index is 12.8. The van der Waals surface area contributed by atoms with Gasteiger partial charge in [0.05, 0.1) is 5.52 Å². The Bertz CT molecular complexity index is 913. The molecule has 0 aliphatic heterocycles. The Balaban J connectivity index is 1.52. The molecule has 0 bridgehead atoms. The van der Waals surface area contributed by atoms with Gasteiger partial charge in [0, 0.05) is 5.39 Å². The summed E-state index contributed by atoms with van der Waals surface area (Å²) in [6, 6.07) is 16.0. The second-order valence-electron chi connectivity index (χ2n) is 5.13. The number of carbonyl (C=O) groups excluding carboxylic acids is 2. The van der Waals surface area contributed by atoms with Crippen molar-refractivity contribution in [1.82, 2.24) is 15.8 Å². The predicted octanol–water partition coefficient (Wildman–Crippen LogP) is 2.21. The van der Waals surface area contributed by atoms with Gasteiger partial charge in [0.15, 0.2) is 6.61 Å². The molecule has 0 atom stereocenters. The fraction of sp³-hybridized carbons (Fsp3) is 0.0556. The molecule has 1 aromatic heterocycles. The molecular weight excluding hydrogens is 325 g/mol. The van der Waals surface area contributed by atoms with E-state index in [9.17, 15) is 14.0 Å². The normalized spacial score (nSPS) is 10.3. The Hall–Kier alpha value is -3.48. The number of benzene rings is 2.